The Labute approximate surface area is 232 Å². The summed E-state index contributed by atoms with van der Waals surface area (Å²) in [5.74, 6) is -2.00. The number of hydrogen-bond acceptors (Lipinski definition) is 5. The molecule has 1 heterocycles. The van der Waals surface area contributed by atoms with Gasteiger partial charge in [0.05, 0.1) is 12.6 Å². The van der Waals surface area contributed by atoms with Gasteiger partial charge in [0.25, 0.3) is 11.8 Å². The van der Waals surface area contributed by atoms with Crippen molar-refractivity contribution in [2.45, 2.75) is 57.6 Å². The fraction of sp³-hybridized carbons (Fsp3) is 0.323. The van der Waals surface area contributed by atoms with Crippen molar-refractivity contribution in [3.8, 4) is 5.75 Å². The Kier molecular flexibility index (Phi) is 9.16. The molecule has 4 rings (SSSR count). The van der Waals surface area contributed by atoms with E-state index >= 15 is 0 Å². The van der Waals surface area contributed by atoms with Crippen molar-refractivity contribution in [3.63, 3.8) is 0 Å². The maximum absolute atomic E-state index is 14.5. The molecule has 1 aliphatic heterocycles. The van der Waals surface area contributed by atoms with E-state index in [-0.39, 0.29) is 37.2 Å². The number of rotatable bonds is 9. The Hall–Kier alpha value is -4.24. The van der Waals surface area contributed by atoms with E-state index in [9.17, 15) is 29.0 Å². The molecule has 1 saturated heterocycles. The normalized spacial score (nSPS) is 18.1. The zero-order valence-corrected chi connectivity index (χ0v) is 22.5. The van der Waals surface area contributed by atoms with Gasteiger partial charge in [0.1, 0.15) is 18.0 Å². The van der Waals surface area contributed by atoms with Crippen LogP contribution in [0.4, 0.5) is 4.39 Å². The van der Waals surface area contributed by atoms with Gasteiger partial charge in [0, 0.05) is 24.1 Å². The average molecular weight is 548 g/mol. The first-order chi connectivity index (χ1) is 19.2. The van der Waals surface area contributed by atoms with Crippen LogP contribution in [0.3, 0.4) is 0 Å². The molecule has 4 N–H and O–H groups in total. The fourth-order valence-corrected chi connectivity index (χ4v) is 4.95. The third-order valence-electron chi connectivity index (χ3n) is 7.35. The van der Waals surface area contributed by atoms with Gasteiger partial charge in [-0.15, -0.1) is 0 Å². The van der Waals surface area contributed by atoms with Crippen LogP contribution in [0.25, 0.3) is 0 Å². The van der Waals surface area contributed by atoms with Crippen LogP contribution in [-0.2, 0) is 22.6 Å². The molecule has 1 unspecified atom stereocenters. The second-order valence-corrected chi connectivity index (χ2v) is 10.1. The van der Waals surface area contributed by atoms with Crippen LogP contribution in [-0.4, -0.2) is 63.7 Å². The standard InChI is InChI=1S/C31H34FN3O5/c1-19-9-6-7-12-22(19)17-33-30(39)26-16-23(32)18-35(26)31(40)28(37)25(15-21-10-4-3-5-11-21)34-29(38)24-13-8-14-27(36)20(24)2/h3-14,23,25-26,28,36-37H,15-18H2,1-2H3,(H,33,39)(H,34,38)/t23-,25?,26-,28-/m0/s1. The number of aliphatic hydroxyl groups excluding tert-OH is 1. The predicted molar refractivity (Wildman–Crippen MR) is 148 cm³/mol. The van der Waals surface area contributed by atoms with Crippen molar-refractivity contribution in [1.29, 1.82) is 0 Å². The third kappa shape index (κ3) is 6.66. The van der Waals surface area contributed by atoms with E-state index in [1.165, 1.54) is 18.2 Å². The van der Waals surface area contributed by atoms with Crippen LogP contribution in [0.1, 0.15) is 39.0 Å². The van der Waals surface area contributed by atoms with E-state index < -0.39 is 42.1 Å². The number of benzene rings is 3. The van der Waals surface area contributed by atoms with Gasteiger partial charge in [-0.3, -0.25) is 14.4 Å². The van der Waals surface area contributed by atoms with Gasteiger partial charge in [-0.1, -0.05) is 60.7 Å². The smallest absolute Gasteiger partial charge is 0.254 e. The molecular weight excluding hydrogens is 513 g/mol. The summed E-state index contributed by atoms with van der Waals surface area (Å²) >= 11 is 0. The van der Waals surface area contributed by atoms with Crippen LogP contribution in [0.5, 0.6) is 5.75 Å². The fourth-order valence-electron chi connectivity index (χ4n) is 4.95. The average Bonchev–Trinajstić information content (AvgIpc) is 3.35. The lowest BCUT2D eigenvalue weighted by Crippen LogP contribution is -2.55. The molecular formula is C31H34FN3O5. The summed E-state index contributed by atoms with van der Waals surface area (Å²) in [5, 5.41) is 26.8. The van der Waals surface area contributed by atoms with E-state index in [4.69, 9.17) is 0 Å². The Bertz CT molecular complexity index is 1370. The van der Waals surface area contributed by atoms with E-state index in [0.717, 1.165) is 21.6 Å². The predicted octanol–water partition coefficient (Wildman–Crippen LogP) is 2.97. The number of nitrogens with zero attached hydrogens (tertiary/aromatic N) is 1. The number of phenolic OH excluding ortho intramolecular Hbond substituents is 1. The Morgan fingerprint density at radius 2 is 1.70 bits per heavy atom. The highest BCUT2D eigenvalue weighted by Gasteiger charge is 2.43. The topological polar surface area (TPSA) is 119 Å². The summed E-state index contributed by atoms with van der Waals surface area (Å²) in [4.78, 5) is 40.8. The number of phenols is 1. The Morgan fingerprint density at radius 1 is 1.00 bits per heavy atom. The molecule has 3 aromatic carbocycles. The molecule has 0 spiro atoms. The minimum atomic E-state index is -1.75. The number of amides is 3. The van der Waals surface area contributed by atoms with Gasteiger partial charge < -0.3 is 25.7 Å². The van der Waals surface area contributed by atoms with E-state index in [1.54, 1.807) is 31.2 Å². The lowest BCUT2D eigenvalue weighted by atomic mass is 9.98. The molecule has 1 aliphatic rings. The van der Waals surface area contributed by atoms with Crippen LogP contribution in [0.15, 0.2) is 72.8 Å². The molecule has 0 radical (unpaired) electrons. The summed E-state index contributed by atoms with van der Waals surface area (Å²) < 4.78 is 14.5. The number of aliphatic hydroxyl groups is 1. The number of carbonyl (C=O) groups is 3. The summed E-state index contributed by atoms with van der Waals surface area (Å²) in [6, 6.07) is 18.9. The molecule has 210 valence electrons. The number of likely N-dealkylation sites (tertiary alicyclic amines) is 1. The molecule has 4 atom stereocenters. The first kappa shape index (κ1) is 28.8. The van der Waals surface area contributed by atoms with Gasteiger partial charge in [-0.25, -0.2) is 4.39 Å². The lowest BCUT2D eigenvalue weighted by molar-refractivity contribution is -0.146. The molecule has 0 saturated carbocycles. The molecule has 3 amide bonds. The van der Waals surface area contributed by atoms with Crippen molar-refractivity contribution < 1.29 is 29.0 Å². The zero-order chi connectivity index (χ0) is 28.8. The van der Waals surface area contributed by atoms with Crippen molar-refractivity contribution in [3.05, 3.63) is 101 Å². The lowest BCUT2D eigenvalue weighted by Gasteiger charge is -2.30. The summed E-state index contributed by atoms with van der Waals surface area (Å²) in [6.45, 7) is 3.39. The maximum atomic E-state index is 14.5. The monoisotopic (exact) mass is 547 g/mol. The highest BCUT2D eigenvalue weighted by Crippen LogP contribution is 2.24. The quantitative estimate of drug-likeness (QED) is 0.329. The van der Waals surface area contributed by atoms with Crippen molar-refractivity contribution in [2.75, 3.05) is 6.54 Å². The molecule has 0 aliphatic carbocycles. The molecule has 40 heavy (non-hydrogen) atoms. The first-order valence-corrected chi connectivity index (χ1v) is 13.2. The van der Waals surface area contributed by atoms with E-state index in [2.05, 4.69) is 10.6 Å². The summed E-state index contributed by atoms with van der Waals surface area (Å²) in [5.41, 5.74) is 3.18. The number of halogens is 1. The Morgan fingerprint density at radius 3 is 2.42 bits per heavy atom. The largest absolute Gasteiger partial charge is 0.508 e. The SMILES string of the molecule is Cc1ccccc1CNC(=O)[C@@H]1C[C@H](F)CN1C(=O)[C@@H](O)C(Cc1ccccc1)NC(=O)c1cccc(O)c1C. The van der Waals surface area contributed by atoms with Crippen LogP contribution < -0.4 is 10.6 Å². The van der Waals surface area contributed by atoms with Gasteiger partial charge in [0.2, 0.25) is 5.91 Å². The molecule has 3 aromatic rings. The van der Waals surface area contributed by atoms with Gasteiger partial charge >= 0.3 is 0 Å². The van der Waals surface area contributed by atoms with Gasteiger partial charge in [-0.05, 0) is 49.1 Å². The van der Waals surface area contributed by atoms with E-state index in [1.807, 2.05) is 37.3 Å². The van der Waals surface area contributed by atoms with Crippen LogP contribution in [0, 0.1) is 13.8 Å². The number of nitrogens with one attached hydrogen (secondary N) is 2. The highest BCUT2D eigenvalue weighted by atomic mass is 19.1. The van der Waals surface area contributed by atoms with Gasteiger partial charge in [0.15, 0.2) is 6.10 Å². The second kappa shape index (κ2) is 12.7. The molecule has 0 aromatic heterocycles. The second-order valence-electron chi connectivity index (χ2n) is 10.1. The highest BCUT2D eigenvalue weighted by molar-refractivity contribution is 5.97. The first-order valence-electron chi connectivity index (χ1n) is 13.2. The zero-order valence-electron chi connectivity index (χ0n) is 22.5. The Balaban J connectivity index is 1.52. The van der Waals surface area contributed by atoms with Crippen LogP contribution in [0.2, 0.25) is 0 Å². The number of aryl methyl sites for hydroxylation is 1. The number of aromatic hydroxyl groups is 1. The van der Waals surface area contributed by atoms with Crippen molar-refractivity contribution >= 4 is 17.7 Å². The van der Waals surface area contributed by atoms with Crippen LogP contribution >= 0.6 is 0 Å². The third-order valence-corrected chi connectivity index (χ3v) is 7.35. The van der Waals surface area contributed by atoms with Gasteiger partial charge in [-0.2, -0.15) is 0 Å². The minimum absolute atomic E-state index is 0.0607. The maximum Gasteiger partial charge on any atom is 0.254 e. The van der Waals surface area contributed by atoms with E-state index in [0.29, 0.717) is 5.56 Å². The minimum Gasteiger partial charge on any atom is -0.508 e. The number of carbonyl (C=O) groups excluding carboxylic acids is 3. The van der Waals surface area contributed by atoms with Crippen molar-refractivity contribution in [2.24, 2.45) is 0 Å². The molecule has 0 bridgehead atoms. The molecule has 8 nitrogen and oxygen atoms in total. The number of alkyl halides is 1. The molecule has 9 heteroatoms. The molecule has 1 fully saturated rings. The number of hydrogen-bond donors (Lipinski definition) is 4. The summed E-state index contributed by atoms with van der Waals surface area (Å²) in [7, 11) is 0. The summed E-state index contributed by atoms with van der Waals surface area (Å²) in [6.07, 6.45) is -3.26. The van der Waals surface area contributed by atoms with Crippen molar-refractivity contribution in [1.82, 2.24) is 15.5 Å².